The molecule has 3 rings (SSSR count). The summed E-state index contributed by atoms with van der Waals surface area (Å²) in [6.07, 6.45) is -2.43. The van der Waals surface area contributed by atoms with Gasteiger partial charge in [-0.25, -0.2) is 0 Å². The van der Waals surface area contributed by atoms with Crippen LogP contribution in [0.1, 0.15) is 11.1 Å². The third-order valence-electron chi connectivity index (χ3n) is 4.20. The van der Waals surface area contributed by atoms with Crippen LogP contribution in [0, 0.1) is 0 Å². The smallest absolute Gasteiger partial charge is 0.186 e. The predicted molar refractivity (Wildman–Crippen MR) is 92.8 cm³/mol. The highest BCUT2D eigenvalue weighted by molar-refractivity contribution is 5.14. The maximum absolute atomic E-state index is 10.4. The Bertz CT molecular complexity index is 618. The minimum Gasteiger partial charge on any atom is -0.385 e. The van der Waals surface area contributed by atoms with E-state index in [0.717, 1.165) is 11.1 Å². The molecule has 5 nitrogen and oxygen atoms in total. The van der Waals surface area contributed by atoms with Crippen LogP contribution in [0.4, 0.5) is 0 Å². The third-order valence-corrected chi connectivity index (χ3v) is 4.20. The fraction of sp³-hybridized carbons (Fsp3) is 0.400. The molecule has 0 bridgehead atoms. The van der Waals surface area contributed by atoms with Gasteiger partial charge in [0.15, 0.2) is 6.29 Å². The summed E-state index contributed by atoms with van der Waals surface area (Å²) in [5, 5.41) is 10.4. The minimum absolute atomic E-state index is 0.325. The molecular weight excluding hydrogens is 320 g/mol. The van der Waals surface area contributed by atoms with Gasteiger partial charge in [0.2, 0.25) is 0 Å². The molecule has 4 atom stereocenters. The van der Waals surface area contributed by atoms with E-state index in [0.29, 0.717) is 19.8 Å². The van der Waals surface area contributed by atoms with Crippen LogP contribution in [0.15, 0.2) is 60.7 Å². The average Bonchev–Trinajstić information content (AvgIpc) is 2.97. The third kappa shape index (κ3) is 4.87. The van der Waals surface area contributed by atoms with Gasteiger partial charge >= 0.3 is 0 Å². The largest absolute Gasteiger partial charge is 0.385 e. The van der Waals surface area contributed by atoms with Gasteiger partial charge in [0.25, 0.3) is 0 Å². The first-order valence-electron chi connectivity index (χ1n) is 8.41. The van der Waals surface area contributed by atoms with E-state index in [-0.39, 0.29) is 6.10 Å². The Morgan fingerprint density at radius 2 is 1.52 bits per heavy atom. The van der Waals surface area contributed by atoms with Crippen LogP contribution >= 0.6 is 0 Å². The zero-order chi connectivity index (χ0) is 17.5. The molecule has 2 aromatic rings. The molecule has 0 aromatic heterocycles. The van der Waals surface area contributed by atoms with Crippen LogP contribution in [-0.2, 0) is 32.2 Å². The zero-order valence-corrected chi connectivity index (χ0v) is 14.3. The molecular formula is C20H24O5. The van der Waals surface area contributed by atoms with Gasteiger partial charge in [-0.2, -0.15) is 0 Å². The maximum Gasteiger partial charge on any atom is 0.186 e. The summed E-state index contributed by atoms with van der Waals surface area (Å²) in [7, 11) is 1.51. The second kappa shape index (κ2) is 9.08. The van der Waals surface area contributed by atoms with Gasteiger partial charge in [-0.05, 0) is 11.1 Å². The van der Waals surface area contributed by atoms with Crippen molar-refractivity contribution >= 4 is 0 Å². The molecule has 0 spiro atoms. The van der Waals surface area contributed by atoms with E-state index in [1.54, 1.807) is 0 Å². The number of hydrogen-bond acceptors (Lipinski definition) is 5. The topological polar surface area (TPSA) is 57.2 Å². The van der Waals surface area contributed by atoms with Crippen LogP contribution < -0.4 is 0 Å². The molecule has 1 aliphatic rings. The van der Waals surface area contributed by atoms with Crippen molar-refractivity contribution in [2.24, 2.45) is 0 Å². The van der Waals surface area contributed by atoms with E-state index in [4.69, 9.17) is 18.9 Å². The van der Waals surface area contributed by atoms with Gasteiger partial charge in [-0.1, -0.05) is 60.7 Å². The van der Waals surface area contributed by atoms with Gasteiger partial charge in [-0.15, -0.1) is 0 Å². The van der Waals surface area contributed by atoms with Crippen molar-refractivity contribution in [1.29, 1.82) is 0 Å². The van der Waals surface area contributed by atoms with E-state index >= 15 is 0 Å². The molecule has 0 amide bonds. The van der Waals surface area contributed by atoms with E-state index in [1.807, 2.05) is 60.7 Å². The Kier molecular flexibility index (Phi) is 6.55. The summed E-state index contributed by atoms with van der Waals surface area (Å²) >= 11 is 0. The molecule has 0 aliphatic carbocycles. The van der Waals surface area contributed by atoms with E-state index in [1.165, 1.54) is 7.11 Å². The zero-order valence-electron chi connectivity index (χ0n) is 14.3. The molecule has 1 aliphatic heterocycles. The van der Waals surface area contributed by atoms with Crippen LogP contribution in [0.3, 0.4) is 0 Å². The maximum atomic E-state index is 10.4. The summed E-state index contributed by atoms with van der Waals surface area (Å²) in [5.74, 6) is 0. The number of aliphatic hydroxyl groups excluding tert-OH is 1. The van der Waals surface area contributed by atoms with Gasteiger partial charge in [0.05, 0.1) is 19.8 Å². The summed E-state index contributed by atoms with van der Waals surface area (Å²) in [4.78, 5) is 0. The van der Waals surface area contributed by atoms with Crippen molar-refractivity contribution in [2.45, 2.75) is 37.8 Å². The van der Waals surface area contributed by atoms with Gasteiger partial charge < -0.3 is 24.1 Å². The number of aliphatic hydroxyl groups is 1. The number of rotatable bonds is 8. The summed E-state index contributed by atoms with van der Waals surface area (Å²) < 4.78 is 22.6. The van der Waals surface area contributed by atoms with Crippen molar-refractivity contribution < 1.29 is 24.1 Å². The Balaban J connectivity index is 1.55. The molecule has 1 N–H and O–H groups in total. The summed E-state index contributed by atoms with van der Waals surface area (Å²) in [6.45, 7) is 1.21. The molecule has 0 saturated carbocycles. The van der Waals surface area contributed by atoms with Crippen LogP contribution in [0.5, 0.6) is 0 Å². The van der Waals surface area contributed by atoms with E-state index in [2.05, 4.69) is 0 Å². The first-order valence-corrected chi connectivity index (χ1v) is 8.41. The lowest BCUT2D eigenvalue weighted by Gasteiger charge is -2.20. The monoisotopic (exact) mass is 344 g/mol. The number of methoxy groups -OCH3 is 1. The predicted octanol–water partition coefficient (Wildman–Crippen LogP) is 2.52. The van der Waals surface area contributed by atoms with Crippen molar-refractivity contribution in [3.8, 4) is 0 Å². The van der Waals surface area contributed by atoms with Crippen molar-refractivity contribution in [3.05, 3.63) is 71.8 Å². The summed E-state index contributed by atoms with van der Waals surface area (Å²) in [6, 6.07) is 19.8. The SMILES string of the molecule is COC1O[C@H](COCc2ccccc2)C(OCc2ccccc2)C1O. The van der Waals surface area contributed by atoms with Crippen LogP contribution in [-0.4, -0.2) is 43.4 Å². The number of ether oxygens (including phenoxy) is 4. The quantitative estimate of drug-likeness (QED) is 0.797. The van der Waals surface area contributed by atoms with E-state index < -0.39 is 18.5 Å². The Hall–Kier alpha value is -1.76. The van der Waals surface area contributed by atoms with Crippen LogP contribution in [0.25, 0.3) is 0 Å². The summed E-state index contributed by atoms with van der Waals surface area (Å²) in [5.41, 5.74) is 2.13. The molecule has 1 heterocycles. The molecule has 5 heteroatoms. The Labute approximate surface area is 148 Å². The fourth-order valence-corrected chi connectivity index (χ4v) is 2.87. The second-order valence-corrected chi connectivity index (χ2v) is 6.03. The van der Waals surface area contributed by atoms with Crippen molar-refractivity contribution in [1.82, 2.24) is 0 Å². The highest BCUT2D eigenvalue weighted by Gasteiger charge is 2.44. The minimum atomic E-state index is -0.848. The Morgan fingerprint density at radius 3 is 2.12 bits per heavy atom. The molecule has 1 fully saturated rings. The normalized spacial score (nSPS) is 26.0. The lowest BCUT2D eigenvalue weighted by Crippen LogP contribution is -2.37. The lowest BCUT2D eigenvalue weighted by atomic mass is 10.1. The lowest BCUT2D eigenvalue weighted by molar-refractivity contribution is -0.156. The van der Waals surface area contributed by atoms with Crippen molar-refractivity contribution in [3.63, 3.8) is 0 Å². The first-order chi connectivity index (χ1) is 12.3. The molecule has 25 heavy (non-hydrogen) atoms. The molecule has 2 aromatic carbocycles. The first kappa shape index (κ1) is 18.0. The highest BCUT2D eigenvalue weighted by atomic mass is 16.7. The van der Waals surface area contributed by atoms with Gasteiger partial charge in [0, 0.05) is 7.11 Å². The molecule has 1 saturated heterocycles. The highest BCUT2D eigenvalue weighted by Crippen LogP contribution is 2.26. The molecule has 134 valence electrons. The van der Waals surface area contributed by atoms with Crippen molar-refractivity contribution in [2.75, 3.05) is 13.7 Å². The Morgan fingerprint density at radius 1 is 0.920 bits per heavy atom. The van der Waals surface area contributed by atoms with Gasteiger partial charge in [0.1, 0.15) is 18.3 Å². The standard InChI is InChI=1S/C20H24O5/c1-22-20-18(21)19(24-13-16-10-6-3-7-11-16)17(25-20)14-23-12-15-8-4-2-5-9-15/h2-11,17-21H,12-14H2,1H3/t17-,18?,19?,20?/m1/s1. The number of benzene rings is 2. The second-order valence-electron chi connectivity index (χ2n) is 6.03. The van der Waals surface area contributed by atoms with Gasteiger partial charge in [-0.3, -0.25) is 0 Å². The number of hydrogen-bond donors (Lipinski definition) is 1. The fourth-order valence-electron chi connectivity index (χ4n) is 2.87. The van der Waals surface area contributed by atoms with E-state index in [9.17, 15) is 5.11 Å². The average molecular weight is 344 g/mol. The molecule has 0 radical (unpaired) electrons. The van der Waals surface area contributed by atoms with Crippen LogP contribution in [0.2, 0.25) is 0 Å². The molecule has 3 unspecified atom stereocenters.